The predicted octanol–water partition coefficient (Wildman–Crippen LogP) is 5.05. The number of H-pyrrole nitrogens is 1. The first kappa shape index (κ1) is 25.0. The van der Waals surface area contributed by atoms with E-state index in [0.717, 1.165) is 51.8 Å². The number of aryl methyl sites for hydroxylation is 4. The Morgan fingerprint density at radius 3 is 2.59 bits per heavy atom. The highest BCUT2D eigenvalue weighted by molar-refractivity contribution is 9.10. The van der Waals surface area contributed by atoms with Gasteiger partial charge < -0.3 is 10.6 Å². The summed E-state index contributed by atoms with van der Waals surface area (Å²) in [6.45, 7) is 3.95. The van der Waals surface area contributed by atoms with Crippen LogP contribution >= 0.6 is 15.9 Å². The van der Waals surface area contributed by atoms with Crippen LogP contribution in [0.25, 0.3) is 11.1 Å². The number of nitrogens with one attached hydrogen (secondary N) is 3. The molecule has 190 valence electrons. The lowest BCUT2D eigenvalue weighted by Gasteiger charge is -2.32. The van der Waals surface area contributed by atoms with Gasteiger partial charge in [0.1, 0.15) is 11.7 Å². The maximum atomic E-state index is 13.7. The van der Waals surface area contributed by atoms with E-state index in [1.165, 1.54) is 10.2 Å². The lowest BCUT2D eigenvalue weighted by atomic mass is 9.78. The van der Waals surface area contributed by atoms with Crippen LogP contribution in [0.1, 0.15) is 51.8 Å². The zero-order valence-corrected chi connectivity index (χ0v) is 22.6. The Labute approximate surface area is 224 Å². The van der Waals surface area contributed by atoms with E-state index >= 15 is 0 Å². The molecule has 0 saturated heterocycles. The fourth-order valence-corrected chi connectivity index (χ4v) is 5.61. The highest BCUT2D eigenvalue weighted by Gasteiger charge is 2.35. The van der Waals surface area contributed by atoms with Crippen LogP contribution in [-0.2, 0) is 18.3 Å². The number of hydrogen-bond acceptors (Lipinski definition) is 4. The van der Waals surface area contributed by atoms with Gasteiger partial charge in [0.15, 0.2) is 0 Å². The minimum Gasteiger partial charge on any atom is -0.338 e. The van der Waals surface area contributed by atoms with Gasteiger partial charge in [0.05, 0.1) is 5.69 Å². The second kappa shape index (κ2) is 10.3. The third-order valence-electron chi connectivity index (χ3n) is 7.06. The second-order valence-electron chi connectivity index (χ2n) is 9.51. The second-order valence-corrected chi connectivity index (χ2v) is 10.4. The van der Waals surface area contributed by atoms with Crippen molar-refractivity contribution in [2.45, 2.75) is 45.1 Å². The molecule has 0 unspecified atom stereocenters. The van der Waals surface area contributed by atoms with Crippen molar-refractivity contribution in [2.24, 2.45) is 7.05 Å². The van der Waals surface area contributed by atoms with Gasteiger partial charge >= 0.3 is 0 Å². The molecule has 0 fully saturated rings. The molecule has 1 aliphatic carbocycles. The minimum absolute atomic E-state index is 0.158. The van der Waals surface area contributed by atoms with E-state index in [2.05, 4.69) is 54.0 Å². The van der Waals surface area contributed by atoms with Crippen molar-refractivity contribution in [2.75, 3.05) is 5.32 Å². The van der Waals surface area contributed by atoms with Gasteiger partial charge in [-0.05, 0) is 80.1 Å². The number of hydrogen-bond donors (Lipinski definition) is 3. The van der Waals surface area contributed by atoms with Gasteiger partial charge in [-0.25, -0.2) is 0 Å². The number of carbonyl (C=O) groups is 2. The van der Waals surface area contributed by atoms with Gasteiger partial charge in [0.2, 0.25) is 5.91 Å². The van der Waals surface area contributed by atoms with E-state index in [4.69, 9.17) is 0 Å². The number of anilines is 1. The normalized spacial score (nSPS) is 15.6. The fraction of sp³-hybridized carbons (Fsp3) is 0.286. The Bertz CT molecular complexity index is 1440. The number of carbonyl (C=O) groups excluding carboxylic acids is 2. The average molecular weight is 561 g/mol. The average Bonchev–Trinajstić information content (AvgIpc) is 3.47. The van der Waals surface area contributed by atoms with Crippen LogP contribution in [0, 0.1) is 13.8 Å². The molecule has 5 rings (SSSR count). The van der Waals surface area contributed by atoms with Crippen molar-refractivity contribution >= 4 is 33.4 Å². The van der Waals surface area contributed by atoms with E-state index in [0.29, 0.717) is 11.4 Å². The summed E-state index contributed by atoms with van der Waals surface area (Å²) in [4.78, 5) is 26.9. The van der Waals surface area contributed by atoms with Crippen molar-refractivity contribution in [3.8, 4) is 11.1 Å². The Morgan fingerprint density at radius 2 is 1.92 bits per heavy atom. The fourth-order valence-electron chi connectivity index (χ4n) is 5.23. The molecular formula is C28H29BrN6O2. The summed E-state index contributed by atoms with van der Waals surface area (Å²) in [5, 5.41) is 17.4. The summed E-state index contributed by atoms with van der Waals surface area (Å²) in [6.07, 6.45) is 4.27. The Kier molecular flexibility index (Phi) is 6.97. The summed E-state index contributed by atoms with van der Waals surface area (Å²) in [5.41, 5.74) is 7.37. The van der Waals surface area contributed by atoms with Crippen LogP contribution in [-0.4, -0.2) is 37.8 Å². The third kappa shape index (κ3) is 5.09. The van der Waals surface area contributed by atoms with Crippen LogP contribution in [0.3, 0.4) is 0 Å². The van der Waals surface area contributed by atoms with Gasteiger partial charge in [0.25, 0.3) is 5.91 Å². The van der Waals surface area contributed by atoms with Crippen LogP contribution in [0.15, 0.2) is 59.2 Å². The lowest BCUT2D eigenvalue weighted by Crippen LogP contribution is -2.48. The molecule has 0 saturated carbocycles. The van der Waals surface area contributed by atoms with Crippen molar-refractivity contribution in [1.82, 2.24) is 25.3 Å². The van der Waals surface area contributed by atoms with E-state index in [9.17, 15) is 9.59 Å². The standard InChI is InChI=1S/C28H29BrN6O2/c1-16-25(17(2)34-33-16)19-8-11-21(12-9-19)31-28(37)26(32-27(36)24-13-14-30-35(24)3)22-6-4-5-18-7-10-20(29)15-23(18)22/h7-15,22,26H,4-6H2,1-3H3,(H,31,37)(H,32,36)(H,33,34)/t22-,26-/m0/s1. The molecule has 4 aromatic rings. The van der Waals surface area contributed by atoms with Gasteiger partial charge in [-0.2, -0.15) is 10.2 Å². The number of rotatable bonds is 6. The number of aromatic amines is 1. The molecule has 0 radical (unpaired) electrons. The van der Waals surface area contributed by atoms with Crippen LogP contribution in [0.2, 0.25) is 0 Å². The smallest absolute Gasteiger partial charge is 0.270 e. The quantitative estimate of drug-likeness (QED) is 0.307. The Hall–Kier alpha value is -3.72. The number of amides is 2. The number of halogens is 1. The Balaban J connectivity index is 1.43. The van der Waals surface area contributed by atoms with Crippen LogP contribution < -0.4 is 10.6 Å². The van der Waals surface area contributed by atoms with E-state index in [1.54, 1.807) is 19.3 Å². The molecule has 1 aliphatic rings. The molecule has 9 heteroatoms. The topological polar surface area (TPSA) is 105 Å². The maximum Gasteiger partial charge on any atom is 0.270 e. The van der Waals surface area contributed by atoms with Crippen molar-refractivity contribution < 1.29 is 9.59 Å². The number of benzene rings is 2. The van der Waals surface area contributed by atoms with E-state index in [1.807, 2.05) is 44.2 Å². The number of fused-ring (bicyclic) bond motifs is 1. The first-order chi connectivity index (χ1) is 17.8. The molecular weight excluding hydrogens is 532 g/mol. The van der Waals surface area contributed by atoms with E-state index in [-0.39, 0.29) is 17.7 Å². The predicted molar refractivity (Wildman–Crippen MR) is 146 cm³/mol. The minimum atomic E-state index is -0.756. The highest BCUT2D eigenvalue weighted by Crippen LogP contribution is 2.36. The highest BCUT2D eigenvalue weighted by atomic mass is 79.9. The first-order valence-corrected chi connectivity index (χ1v) is 13.1. The van der Waals surface area contributed by atoms with Crippen molar-refractivity contribution in [1.29, 1.82) is 0 Å². The number of nitrogens with zero attached hydrogens (tertiary/aromatic N) is 3. The van der Waals surface area contributed by atoms with Gasteiger partial charge in [-0.15, -0.1) is 0 Å². The molecule has 2 aromatic carbocycles. The molecule has 3 N–H and O–H groups in total. The monoisotopic (exact) mass is 560 g/mol. The largest absolute Gasteiger partial charge is 0.338 e. The molecule has 0 bridgehead atoms. The third-order valence-corrected chi connectivity index (χ3v) is 7.56. The number of aromatic nitrogens is 4. The lowest BCUT2D eigenvalue weighted by molar-refractivity contribution is -0.118. The zero-order valence-electron chi connectivity index (χ0n) is 21.0. The SMILES string of the molecule is Cc1n[nH]c(C)c1-c1ccc(NC(=O)[C@@H](NC(=O)c2ccnn2C)[C@H]2CCCc3ccc(Br)cc32)cc1. The van der Waals surface area contributed by atoms with Gasteiger partial charge in [-0.3, -0.25) is 19.4 Å². The zero-order chi connectivity index (χ0) is 26.1. The van der Waals surface area contributed by atoms with Crippen LogP contribution in [0.5, 0.6) is 0 Å². The van der Waals surface area contributed by atoms with Crippen LogP contribution in [0.4, 0.5) is 5.69 Å². The van der Waals surface area contributed by atoms with Crippen molar-refractivity contribution in [3.05, 3.63) is 87.4 Å². The maximum absolute atomic E-state index is 13.7. The molecule has 37 heavy (non-hydrogen) atoms. The van der Waals surface area contributed by atoms with Gasteiger partial charge in [0, 0.05) is 40.6 Å². The van der Waals surface area contributed by atoms with E-state index < -0.39 is 6.04 Å². The molecule has 2 atom stereocenters. The molecule has 8 nitrogen and oxygen atoms in total. The summed E-state index contributed by atoms with van der Waals surface area (Å²) >= 11 is 3.58. The molecule has 2 amide bonds. The molecule has 0 aliphatic heterocycles. The summed E-state index contributed by atoms with van der Waals surface area (Å²) in [5.74, 6) is -0.741. The molecule has 2 heterocycles. The molecule has 0 spiro atoms. The first-order valence-electron chi connectivity index (χ1n) is 12.3. The summed E-state index contributed by atoms with van der Waals surface area (Å²) in [7, 11) is 1.71. The summed E-state index contributed by atoms with van der Waals surface area (Å²) < 4.78 is 2.46. The van der Waals surface area contributed by atoms with Crippen molar-refractivity contribution in [3.63, 3.8) is 0 Å². The van der Waals surface area contributed by atoms with Gasteiger partial charge in [-0.1, -0.05) is 34.1 Å². The molecule has 2 aromatic heterocycles. The summed E-state index contributed by atoms with van der Waals surface area (Å²) in [6, 6.07) is 14.8. The Morgan fingerprint density at radius 1 is 1.14 bits per heavy atom.